The minimum atomic E-state index is -0.452. The zero-order valence-corrected chi connectivity index (χ0v) is 11.2. The highest BCUT2D eigenvalue weighted by Crippen LogP contribution is 2.27. The molecule has 0 spiro atoms. The van der Waals surface area contributed by atoms with Gasteiger partial charge in [0.1, 0.15) is 4.84 Å². The summed E-state index contributed by atoms with van der Waals surface area (Å²) in [5.74, 6) is 0. The zero-order chi connectivity index (χ0) is 12.3. The van der Waals surface area contributed by atoms with E-state index in [2.05, 4.69) is 31.2 Å². The molecular formula is C15H14Cl2. The van der Waals surface area contributed by atoms with E-state index in [-0.39, 0.29) is 0 Å². The van der Waals surface area contributed by atoms with Gasteiger partial charge in [-0.25, -0.2) is 0 Å². The van der Waals surface area contributed by atoms with Gasteiger partial charge in [-0.15, -0.1) is 23.2 Å². The van der Waals surface area contributed by atoms with Crippen LogP contribution in [0.1, 0.15) is 22.9 Å². The minimum Gasteiger partial charge on any atom is -0.100 e. The van der Waals surface area contributed by atoms with Crippen LogP contribution in [0.4, 0.5) is 0 Å². The summed E-state index contributed by atoms with van der Waals surface area (Å²) in [6, 6.07) is 16.6. The topological polar surface area (TPSA) is 0 Å². The molecule has 0 unspecified atom stereocenters. The Labute approximate surface area is 112 Å². The number of benzene rings is 2. The normalized spacial score (nSPS) is 10.8. The molecule has 17 heavy (non-hydrogen) atoms. The van der Waals surface area contributed by atoms with Gasteiger partial charge in [-0.05, 0) is 28.7 Å². The molecule has 2 aromatic rings. The van der Waals surface area contributed by atoms with Crippen molar-refractivity contribution in [3.05, 3.63) is 59.7 Å². The summed E-state index contributed by atoms with van der Waals surface area (Å²) >= 11 is 11.6. The fraction of sp³-hybridized carbons (Fsp3) is 0.200. The molecule has 0 aromatic heterocycles. The third kappa shape index (κ3) is 3.02. The van der Waals surface area contributed by atoms with Crippen molar-refractivity contribution in [2.45, 2.75) is 18.2 Å². The summed E-state index contributed by atoms with van der Waals surface area (Å²) in [7, 11) is 0. The summed E-state index contributed by atoms with van der Waals surface area (Å²) in [6.45, 7) is 2.16. The molecule has 0 atom stereocenters. The van der Waals surface area contributed by atoms with Crippen LogP contribution >= 0.6 is 23.2 Å². The van der Waals surface area contributed by atoms with E-state index >= 15 is 0 Å². The van der Waals surface area contributed by atoms with Crippen molar-refractivity contribution in [2.24, 2.45) is 0 Å². The number of alkyl halides is 2. The molecule has 0 bridgehead atoms. The predicted molar refractivity (Wildman–Crippen MR) is 75.7 cm³/mol. The largest absolute Gasteiger partial charge is 0.132 e. The summed E-state index contributed by atoms with van der Waals surface area (Å²) < 4.78 is 0. The average Bonchev–Trinajstić information content (AvgIpc) is 2.39. The van der Waals surface area contributed by atoms with Crippen molar-refractivity contribution in [1.82, 2.24) is 0 Å². The molecule has 0 radical (unpaired) electrons. The minimum absolute atomic E-state index is 0.452. The van der Waals surface area contributed by atoms with E-state index < -0.39 is 4.84 Å². The first-order chi connectivity index (χ1) is 8.20. The van der Waals surface area contributed by atoms with Crippen LogP contribution in [0.15, 0.2) is 48.5 Å². The van der Waals surface area contributed by atoms with Crippen LogP contribution in [0.3, 0.4) is 0 Å². The Hall–Kier alpha value is -0.980. The van der Waals surface area contributed by atoms with Gasteiger partial charge < -0.3 is 0 Å². The fourth-order valence-corrected chi connectivity index (χ4v) is 2.04. The molecule has 0 fully saturated rings. The Morgan fingerprint density at radius 2 is 1.29 bits per heavy atom. The second kappa shape index (κ2) is 5.57. The maximum Gasteiger partial charge on any atom is 0.132 e. The highest BCUT2D eigenvalue weighted by Gasteiger charge is 2.03. The molecule has 0 saturated carbocycles. The highest BCUT2D eigenvalue weighted by molar-refractivity contribution is 6.44. The second-order valence-corrected chi connectivity index (χ2v) is 5.07. The number of hydrogen-bond donors (Lipinski definition) is 0. The van der Waals surface area contributed by atoms with Crippen molar-refractivity contribution in [2.75, 3.05) is 0 Å². The van der Waals surface area contributed by atoms with Gasteiger partial charge >= 0.3 is 0 Å². The molecule has 0 nitrogen and oxygen atoms in total. The van der Waals surface area contributed by atoms with Gasteiger partial charge in [0.15, 0.2) is 0 Å². The Bertz CT molecular complexity index is 469. The first kappa shape index (κ1) is 12.5. The van der Waals surface area contributed by atoms with Crippen LogP contribution in [0, 0.1) is 0 Å². The number of hydrogen-bond acceptors (Lipinski definition) is 0. The van der Waals surface area contributed by atoms with E-state index in [1.165, 1.54) is 16.7 Å². The lowest BCUT2D eigenvalue weighted by Crippen LogP contribution is -1.84. The molecule has 88 valence electrons. The van der Waals surface area contributed by atoms with Gasteiger partial charge in [0.25, 0.3) is 0 Å². The second-order valence-electron chi connectivity index (χ2n) is 3.97. The predicted octanol–water partition coefficient (Wildman–Crippen LogP) is 5.39. The lowest BCUT2D eigenvalue weighted by atomic mass is 10.0. The molecule has 0 N–H and O–H groups in total. The molecular weight excluding hydrogens is 251 g/mol. The van der Waals surface area contributed by atoms with Crippen molar-refractivity contribution >= 4 is 23.2 Å². The first-order valence-electron chi connectivity index (χ1n) is 5.68. The lowest BCUT2D eigenvalue weighted by Gasteiger charge is -2.05. The van der Waals surface area contributed by atoms with Gasteiger partial charge in [-0.1, -0.05) is 55.5 Å². The molecule has 2 heteroatoms. The van der Waals surface area contributed by atoms with E-state index in [1.54, 1.807) is 0 Å². The van der Waals surface area contributed by atoms with E-state index in [9.17, 15) is 0 Å². The van der Waals surface area contributed by atoms with Gasteiger partial charge in [-0.3, -0.25) is 0 Å². The van der Waals surface area contributed by atoms with Crippen molar-refractivity contribution in [1.29, 1.82) is 0 Å². The summed E-state index contributed by atoms with van der Waals surface area (Å²) in [4.78, 5) is -0.452. The molecule has 0 amide bonds. The third-order valence-corrected chi connectivity index (χ3v) is 3.36. The molecule has 2 aromatic carbocycles. The lowest BCUT2D eigenvalue weighted by molar-refractivity contribution is 1.14. The average molecular weight is 265 g/mol. The fourth-order valence-electron chi connectivity index (χ4n) is 1.75. The Kier molecular flexibility index (Phi) is 4.09. The van der Waals surface area contributed by atoms with E-state index in [0.717, 1.165) is 12.0 Å². The number of halogens is 2. The molecule has 0 aliphatic carbocycles. The van der Waals surface area contributed by atoms with E-state index in [1.807, 2.05) is 24.3 Å². The van der Waals surface area contributed by atoms with Crippen molar-refractivity contribution < 1.29 is 0 Å². The number of rotatable bonds is 3. The molecule has 2 rings (SSSR count). The first-order valence-corrected chi connectivity index (χ1v) is 6.55. The van der Waals surface area contributed by atoms with Crippen LogP contribution in [-0.4, -0.2) is 0 Å². The van der Waals surface area contributed by atoms with Crippen molar-refractivity contribution in [3.8, 4) is 11.1 Å². The van der Waals surface area contributed by atoms with Gasteiger partial charge in [0.05, 0.1) is 0 Å². The molecule has 0 aliphatic rings. The summed E-state index contributed by atoms with van der Waals surface area (Å²) in [5, 5.41) is 0. The van der Waals surface area contributed by atoms with Gasteiger partial charge in [0, 0.05) is 0 Å². The quantitative estimate of drug-likeness (QED) is 0.652. The van der Waals surface area contributed by atoms with Gasteiger partial charge in [-0.2, -0.15) is 0 Å². The van der Waals surface area contributed by atoms with E-state index in [0.29, 0.717) is 0 Å². The maximum absolute atomic E-state index is 5.81. The smallest absolute Gasteiger partial charge is 0.100 e. The van der Waals surface area contributed by atoms with Crippen LogP contribution in [-0.2, 0) is 6.42 Å². The standard InChI is InChI=1S/C15H14Cl2/c1-2-11-3-5-12(6-4-11)13-7-9-14(10-8-13)15(16)17/h3-10,15H,2H2,1H3. The monoisotopic (exact) mass is 264 g/mol. The Morgan fingerprint density at radius 1 is 0.824 bits per heavy atom. The third-order valence-electron chi connectivity index (χ3n) is 2.86. The van der Waals surface area contributed by atoms with Crippen LogP contribution < -0.4 is 0 Å². The summed E-state index contributed by atoms with van der Waals surface area (Å²) in [5.41, 5.74) is 4.69. The van der Waals surface area contributed by atoms with Crippen LogP contribution in [0.5, 0.6) is 0 Å². The number of aryl methyl sites for hydroxylation is 1. The highest BCUT2D eigenvalue weighted by atomic mass is 35.5. The maximum atomic E-state index is 5.81. The van der Waals surface area contributed by atoms with Crippen molar-refractivity contribution in [3.63, 3.8) is 0 Å². The Morgan fingerprint density at radius 3 is 1.71 bits per heavy atom. The molecule has 0 aliphatic heterocycles. The Balaban J connectivity index is 2.26. The van der Waals surface area contributed by atoms with Crippen LogP contribution in [0.2, 0.25) is 0 Å². The summed E-state index contributed by atoms with van der Waals surface area (Å²) in [6.07, 6.45) is 1.07. The zero-order valence-electron chi connectivity index (χ0n) is 9.66. The molecule has 0 saturated heterocycles. The van der Waals surface area contributed by atoms with Crippen LogP contribution in [0.25, 0.3) is 11.1 Å². The van der Waals surface area contributed by atoms with E-state index in [4.69, 9.17) is 23.2 Å². The van der Waals surface area contributed by atoms with Gasteiger partial charge in [0.2, 0.25) is 0 Å². The molecule has 0 heterocycles. The SMILES string of the molecule is CCc1ccc(-c2ccc(C(Cl)Cl)cc2)cc1.